The van der Waals surface area contributed by atoms with Crippen LogP contribution in [0, 0.1) is 11.3 Å². The van der Waals surface area contributed by atoms with Crippen LogP contribution in [0.5, 0.6) is 0 Å². The van der Waals surface area contributed by atoms with Crippen molar-refractivity contribution in [2.24, 2.45) is 11.3 Å². The number of carboxylic acids is 1. The fourth-order valence-electron chi connectivity index (χ4n) is 1.21. The van der Waals surface area contributed by atoms with Crippen molar-refractivity contribution in [3.8, 4) is 0 Å². The number of amides is 2. The summed E-state index contributed by atoms with van der Waals surface area (Å²) in [5.74, 6) is -0.217. The number of rotatable bonds is 8. The summed E-state index contributed by atoms with van der Waals surface area (Å²) in [6, 6.07) is -0.362. The summed E-state index contributed by atoms with van der Waals surface area (Å²) in [6.07, 6.45) is 2.50. The van der Waals surface area contributed by atoms with Crippen molar-refractivity contribution in [3.05, 3.63) is 0 Å². The Kier molecular flexibility index (Phi) is 5.40. The van der Waals surface area contributed by atoms with Crippen LogP contribution in [0.25, 0.3) is 0 Å². The van der Waals surface area contributed by atoms with Gasteiger partial charge >= 0.3 is 12.0 Å². The number of carboxylic acid groups (broad SMARTS) is 1. The molecule has 1 saturated carbocycles. The molecule has 2 amide bonds. The molecular weight excluding hydrogens is 236 g/mol. The maximum Gasteiger partial charge on any atom is 0.314 e. The Morgan fingerprint density at radius 3 is 2.56 bits per heavy atom. The molecule has 0 spiro atoms. The molecule has 18 heavy (non-hydrogen) atoms. The molecule has 0 radical (unpaired) electrons. The van der Waals surface area contributed by atoms with Crippen molar-refractivity contribution in [3.63, 3.8) is 0 Å². The molecule has 0 heterocycles. The zero-order valence-corrected chi connectivity index (χ0v) is 11.0. The predicted octanol–water partition coefficient (Wildman–Crippen LogP) is 0.823. The summed E-state index contributed by atoms with van der Waals surface area (Å²) in [6.45, 7) is 4.92. The first-order valence-electron chi connectivity index (χ1n) is 6.24. The number of urea groups is 1. The van der Waals surface area contributed by atoms with Crippen LogP contribution in [0.3, 0.4) is 0 Å². The molecule has 1 fully saturated rings. The third-order valence-electron chi connectivity index (χ3n) is 2.85. The minimum atomic E-state index is -0.959. The highest BCUT2D eigenvalue weighted by molar-refractivity contribution is 5.77. The Balaban J connectivity index is 2.00. The van der Waals surface area contributed by atoms with Gasteiger partial charge in [0.2, 0.25) is 0 Å². The Bertz CT molecular complexity index is 300. The van der Waals surface area contributed by atoms with Gasteiger partial charge in [0.1, 0.15) is 0 Å². The first kappa shape index (κ1) is 14.8. The maximum absolute atomic E-state index is 11.4. The van der Waals surface area contributed by atoms with Crippen LogP contribution < -0.4 is 10.6 Å². The third kappa shape index (κ3) is 5.86. The van der Waals surface area contributed by atoms with Crippen LogP contribution in [0.2, 0.25) is 0 Å². The molecule has 1 aliphatic carbocycles. The minimum Gasteiger partial charge on any atom is -0.481 e. The summed E-state index contributed by atoms with van der Waals surface area (Å²) in [5, 5.41) is 14.0. The molecule has 104 valence electrons. The lowest BCUT2D eigenvalue weighted by Crippen LogP contribution is -2.44. The molecule has 1 rings (SSSR count). The minimum absolute atomic E-state index is 0.0943. The van der Waals surface area contributed by atoms with Crippen molar-refractivity contribution >= 4 is 12.0 Å². The standard InChI is InChI=1S/C12H22N2O4/c1-12(2,10(15)16)8-14-11(17)13-5-6-18-7-9-3-4-9/h9H,3-8H2,1-2H3,(H,15,16)(H2,13,14,17). The van der Waals surface area contributed by atoms with Gasteiger partial charge in [-0.25, -0.2) is 4.79 Å². The number of ether oxygens (including phenoxy) is 1. The molecule has 0 atom stereocenters. The quantitative estimate of drug-likeness (QED) is 0.562. The van der Waals surface area contributed by atoms with Crippen LogP contribution >= 0.6 is 0 Å². The largest absolute Gasteiger partial charge is 0.481 e. The van der Waals surface area contributed by atoms with Gasteiger partial charge in [-0.2, -0.15) is 0 Å². The molecule has 0 saturated heterocycles. The van der Waals surface area contributed by atoms with Crippen molar-refractivity contribution < 1.29 is 19.4 Å². The van der Waals surface area contributed by atoms with Crippen LogP contribution in [0.15, 0.2) is 0 Å². The monoisotopic (exact) mass is 258 g/mol. The molecule has 0 aromatic rings. The Morgan fingerprint density at radius 1 is 1.33 bits per heavy atom. The first-order valence-corrected chi connectivity index (χ1v) is 6.24. The van der Waals surface area contributed by atoms with E-state index in [1.54, 1.807) is 13.8 Å². The topological polar surface area (TPSA) is 87.7 Å². The first-order chi connectivity index (χ1) is 8.42. The molecule has 0 aromatic heterocycles. The molecular formula is C12H22N2O4. The average molecular weight is 258 g/mol. The van der Waals surface area contributed by atoms with E-state index in [0.717, 1.165) is 12.5 Å². The van der Waals surface area contributed by atoms with Gasteiger partial charge in [-0.15, -0.1) is 0 Å². The zero-order valence-electron chi connectivity index (χ0n) is 11.0. The van der Waals surface area contributed by atoms with Crippen LogP contribution in [0.4, 0.5) is 4.79 Å². The van der Waals surface area contributed by atoms with Gasteiger partial charge in [0.25, 0.3) is 0 Å². The van der Waals surface area contributed by atoms with Gasteiger partial charge in [0.05, 0.1) is 12.0 Å². The zero-order chi connectivity index (χ0) is 13.6. The normalized spacial score (nSPS) is 15.2. The van der Waals surface area contributed by atoms with E-state index >= 15 is 0 Å². The molecule has 3 N–H and O–H groups in total. The molecule has 0 aromatic carbocycles. The van der Waals surface area contributed by atoms with E-state index < -0.39 is 11.4 Å². The fourth-order valence-corrected chi connectivity index (χ4v) is 1.21. The fraction of sp³-hybridized carbons (Fsp3) is 0.833. The van der Waals surface area contributed by atoms with E-state index in [2.05, 4.69) is 10.6 Å². The second-order valence-electron chi connectivity index (χ2n) is 5.32. The van der Waals surface area contributed by atoms with Crippen LogP contribution in [0.1, 0.15) is 26.7 Å². The highest BCUT2D eigenvalue weighted by Gasteiger charge is 2.27. The lowest BCUT2D eigenvalue weighted by molar-refractivity contribution is -0.146. The maximum atomic E-state index is 11.4. The van der Waals surface area contributed by atoms with Crippen molar-refractivity contribution in [1.82, 2.24) is 10.6 Å². The second-order valence-corrected chi connectivity index (χ2v) is 5.32. The van der Waals surface area contributed by atoms with E-state index in [0.29, 0.717) is 13.2 Å². The van der Waals surface area contributed by atoms with E-state index in [1.165, 1.54) is 12.8 Å². The smallest absolute Gasteiger partial charge is 0.314 e. The lowest BCUT2D eigenvalue weighted by Gasteiger charge is -2.19. The molecule has 0 aliphatic heterocycles. The highest BCUT2D eigenvalue weighted by Crippen LogP contribution is 2.28. The lowest BCUT2D eigenvalue weighted by atomic mass is 9.94. The molecule has 0 bridgehead atoms. The number of hydrogen-bond donors (Lipinski definition) is 3. The summed E-state index contributed by atoms with van der Waals surface area (Å²) in [7, 11) is 0. The predicted molar refractivity (Wildman–Crippen MR) is 66.4 cm³/mol. The number of hydrogen-bond acceptors (Lipinski definition) is 3. The number of aliphatic carboxylic acids is 1. The molecule has 0 unspecified atom stereocenters. The van der Waals surface area contributed by atoms with Crippen molar-refractivity contribution in [2.75, 3.05) is 26.3 Å². The van der Waals surface area contributed by atoms with E-state index in [1.807, 2.05) is 0 Å². The number of carbonyl (C=O) groups is 2. The molecule has 6 nitrogen and oxygen atoms in total. The third-order valence-corrected chi connectivity index (χ3v) is 2.85. The SMILES string of the molecule is CC(C)(CNC(=O)NCCOCC1CC1)C(=O)O. The van der Waals surface area contributed by atoms with Crippen LogP contribution in [-0.4, -0.2) is 43.4 Å². The number of nitrogens with one attached hydrogen (secondary N) is 2. The Labute approximate surface area is 107 Å². The van der Waals surface area contributed by atoms with Crippen molar-refractivity contribution in [2.45, 2.75) is 26.7 Å². The Hall–Kier alpha value is -1.30. The molecule has 1 aliphatic rings. The summed E-state index contributed by atoms with van der Waals surface area (Å²) in [5.41, 5.74) is -0.959. The van der Waals surface area contributed by atoms with Gasteiger partial charge < -0.3 is 20.5 Å². The van der Waals surface area contributed by atoms with Gasteiger partial charge in [-0.05, 0) is 32.6 Å². The van der Waals surface area contributed by atoms with Gasteiger partial charge in [0, 0.05) is 19.7 Å². The number of carbonyl (C=O) groups excluding carboxylic acids is 1. The van der Waals surface area contributed by atoms with Crippen LogP contribution in [-0.2, 0) is 9.53 Å². The van der Waals surface area contributed by atoms with Gasteiger partial charge in [-0.1, -0.05) is 0 Å². The van der Waals surface area contributed by atoms with Gasteiger partial charge in [0.15, 0.2) is 0 Å². The van der Waals surface area contributed by atoms with Gasteiger partial charge in [-0.3, -0.25) is 4.79 Å². The summed E-state index contributed by atoms with van der Waals surface area (Å²) in [4.78, 5) is 22.2. The van der Waals surface area contributed by atoms with Crippen molar-refractivity contribution in [1.29, 1.82) is 0 Å². The average Bonchev–Trinajstić information content (AvgIpc) is 3.10. The Morgan fingerprint density at radius 2 is 2.00 bits per heavy atom. The van der Waals surface area contributed by atoms with E-state index in [4.69, 9.17) is 9.84 Å². The second kappa shape index (κ2) is 6.58. The van der Waals surface area contributed by atoms with E-state index in [-0.39, 0.29) is 12.6 Å². The summed E-state index contributed by atoms with van der Waals surface area (Å²) >= 11 is 0. The van der Waals surface area contributed by atoms with E-state index in [9.17, 15) is 9.59 Å². The summed E-state index contributed by atoms with van der Waals surface area (Å²) < 4.78 is 5.35. The highest BCUT2D eigenvalue weighted by atomic mass is 16.5. The molecule has 6 heteroatoms.